The van der Waals surface area contributed by atoms with Crippen LogP contribution in [0.5, 0.6) is 0 Å². The largest absolute Gasteiger partial charge is 0.425 e. The van der Waals surface area contributed by atoms with Crippen molar-refractivity contribution in [3.63, 3.8) is 0 Å². The average Bonchev–Trinajstić information content (AvgIpc) is 3.30. The normalized spacial score (nSPS) is 12.8. The van der Waals surface area contributed by atoms with Gasteiger partial charge in [-0.15, -0.1) is 15.3 Å². The standard InChI is InChI=1S/C8H14N2.C7H12N2O.C6H10N2O.CH4/c1-6(2)8-5-7(3)10(4)9-8;1-5(2)7-8-9(4)6(3)10-7;1-4(2)6-8-7-5(3)9-6;/h5-6H,1-4H3;5H,3H2,1-2,4H3;4H,1-3H3;1H4. The zero-order valence-electron chi connectivity index (χ0n) is 19.5. The highest BCUT2D eigenvalue weighted by Gasteiger charge is 2.18. The topological polar surface area (TPSA) is 81.6 Å². The summed E-state index contributed by atoms with van der Waals surface area (Å²) >= 11 is 0. The van der Waals surface area contributed by atoms with Crippen molar-refractivity contribution in [1.29, 1.82) is 0 Å². The van der Waals surface area contributed by atoms with Crippen LogP contribution in [-0.2, 0) is 11.8 Å². The first-order valence-corrected chi connectivity index (χ1v) is 9.91. The van der Waals surface area contributed by atoms with Crippen molar-refractivity contribution >= 4 is 5.90 Å². The molecule has 1 aliphatic heterocycles. The molecule has 0 fully saturated rings. The Hall–Kier alpha value is -2.64. The number of nitrogens with zero attached hydrogens (tertiary/aromatic N) is 6. The molecule has 0 amide bonds. The molecule has 0 spiro atoms. The summed E-state index contributed by atoms with van der Waals surface area (Å²) in [6.45, 7) is 19.9. The molecule has 170 valence electrons. The first-order chi connectivity index (χ1) is 13.4. The molecule has 2 aromatic rings. The van der Waals surface area contributed by atoms with Crippen LogP contribution < -0.4 is 0 Å². The van der Waals surface area contributed by atoms with Crippen LogP contribution in [0.15, 0.2) is 28.0 Å². The Morgan fingerprint density at radius 2 is 1.53 bits per heavy atom. The molecule has 0 saturated heterocycles. The number of aromatic nitrogens is 4. The molecule has 2 aromatic heterocycles. The second-order valence-electron chi connectivity index (χ2n) is 7.92. The molecule has 30 heavy (non-hydrogen) atoms. The highest BCUT2D eigenvalue weighted by atomic mass is 16.5. The van der Waals surface area contributed by atoms with Gasteiger partial charge in [0.1, 0.15) is 0 Å². The van der Waals surface area contributed by atoms with Gasteiger partial charge in [0.15, 0.2) is 0 Å². The smallest absolute Gasteiger partial charge is 0.219 e. The van der Waals surface area contributed by atoms with Gasteiger partial charge in [0, 0.05) is 38.5 Å². The quantitative estimate of drug-likeness (QED) is 0.663. The first kappa shape index (κ1) is 27.4. The summed E-state index contributed by atoms with van der Waals surface area (Å²) in [4.78, 5) is 0. The van der Waals surface area contributed by atoms with Gasteiger partial charge in [-0.1, -0.05) is 49.0 Å². The van der Waals surface area contributed by atoms with Crippen molar-refractivity contribution in [1.82, 2.24) is 25.0 Å². The van der Waals surface area contributed by atoms with Crippen LogP contribution in [-0.4, -0.2) is 37.9 Å². The predicted octanol–water partition coefficient (Wildman–Crippen LogP) is 5.38. The SMILES string of the molecule is C.C=C1OC(C(C)C)=NN1C.Cc1cc(C(C)C)nn1C.Cc1nnc(C(C)C)o1. The molecule has 1 aliphatic rings. The van der Waals surface area contributed by atoms with Crippen molar-refractivity contribution in [2.24, 2.45) is 18.1 Å². The van der Waals surface area contributed by atoms with Crippen molar-refractivity contribution in [3.05, 3.63) is 41.7 Å². The summed E-state index contributed by atoms with van der Waals surface area (Å²) in [6, 6.07) is 2.13. The monoisotopic (exact) mass is 420 g/mol. The zero-order valence-corrected chi connectivity index (χ0v) is 19.5. The summed E-state index contributed by atoms with van der Waals surface area (Å²) in [7, 11) is 3.79. The van der Waals surface area contributed by atoms with Crippen LogP contribution >= 0.6 is 0 Å². The molecule has 0 unspecified atom stereocenters. The molecule has 3 rings (SSSR count). The van der Waals surface area contributed by atoms with E-state index < -0.39 is 0 Å². The second-order valence-corrected chi connectivity index (χ2v) is 7.92. The summed E-state index contributed by atoms with van der Waals surface area (Å²) in [5.41, 5.74) is 2.41. The maximum Gasteiger partial charge on any atom is 0.219 e. The van der Waals surface area contributed by atoms with Gasteiger partial charge in [-0.05, 0) is 25.5 Å². The Labute approximate surface area is 182 Å². The Balaban J connectivity index is 0.000000414. The maximum atomic E-state index is 5.22. The highest BCUT2D eigenvalue weighted by molar-refractivity contribution is 5.80. The second kappa shape index (κ2) is 12.1. The minimum Gasteiger partial charge on any atom is -0.425 e. The van der Waals surface area contributed by atoms with E-state index in [1.807, 2.05) is 46.5 Å². The van der Waals surface area contributed by atoms with Crippen LogP contribution in [0.3, 0.4) is 0 Å². The van der Waals surface area contributed by atoms with Crippen molar-refractivity contribution < 1.29 is 9.15 Å². The van der Waals surface area contributed by atoms with E-state index in [0.29, 0.717) is 35.4 Å². The van der Waals surface area contributed by atoms with Gasteiger partial charge in [-0.3, -0.25) is 4.68 Å². The van der Waals surface area contributed by atoms with E-state index >= 15 is 0 Å². The van der Waals surface area contributed by atoms with E-state index in [2.05, 4.69) is 53.8 Å². The molecule has 0 aromatic carbocycles. The van der Waals surface area contributed by atoms with Crippen LogP contribution in [0.25, 0.3) is 0 Å². The lowest BCUT2D eigenvalue weighted by molar-refractivity contribution is 0.301. The molecular formula is C22H40N6O2. The Morgan fingerprint density at radius 3 is 1.73 bits per heavy atom. The zero-order chi connectivity index (χ0) is 22.3. The Kier molecular flexibility index (Phi) is 11.1. The van der Waals surface area contributed by atoms with Crippen molar-refractivity contribution in [2.45, 2.75) is 74.7 Å². The summed E-state index contributed by atoms with van der Waals surface area (Å²) < 4.78 is 12.3. The van der Waals surface area contributed by atoms with Gasteiger partial charge in [0.25, 0.3) is 0 Å². The van der Waals surface area contributed by atoms with Gasteiger partial charge in [0.05, 0.1) is 5.69 Å². The maximum absolute atomic E-state index is 5.22. The summed E-state index contributed by atoms with van der Waals surface area (Å²) in [5, 5.41) is 17.6. The molecule has 8 heteroatoms. The molecule has 0 bridgehead atoms. The average molecular weight is 421 g/mol. The van der Waals surface area contributed by atoms with E-state index in [1.165, 1.54) is 11.4 Å². The highest BCUT2D eigenvalue weighted by Crippen LogP contribution is 2.15. The number of rotatable bonds is 3. The van der Waals surface area contributed by atoms with E-state index in [9.17, 15) is 0 Å². The molecule has 0 N–H and O–H groups in total. The van der Waals surface area contributed by atoms with Crippen LogP contribution in [0, 0.1) is 19.8 Å². The third-order valence-electron chi connectivity index (χ3n) is 4.09. The van der Waals surface area contributed by atoms with Crippen molar-refractivity contribution in [2.75, 3.05) is 7.05 Å². The molecule has 8 nitrogen and oxygen atoms in total. The van der Waals surface area contributed by atoms with E-state index in [0.717, 1.165) is 5.90 Å². The summed E-state index contributed by atoms with van der Waals surface area (Å²) in [6.07, 6.45) is 0. The lowest BCUT2D eigenvalue weighted by atomic mass is 10.1. The fourth-order valence-electron chi connectivity index (χ4n) is 2.06. The van der Waals surface area contributed by atoms with E-state index in [4.69, 9.17) is 9.15 Å². The summed E-state index contributed by atoms with van der Waals surface area (Å²) in [5.74, 6) is 3.91. The van der Waals surface area contributed by atoms with Gasteiger partial charge in [-0.2, -0.15) is 5.10 Å². The van der Waals surface area contributed by atoms with Gasteiger partial charge < -0.3 is 9.15 Å². The Morgan fingerprint density at radius 1 is 0.933 bits per heavy atom. The van der Waals surface area contributed by atoms with E-state index in [-0.39, 0.29) is 7.43 Å². The van der Waals surface area contributed by atoms with Crippen LogP contribution in [0.1, 0.15) is 84.0 Å². The Bertz CT molecular complexity index is 798. The molecular weight excluding hydrogens is 380 g/mol. The molecule has 0 saturated carbocycles. The minimum absolute atomic E-state index is 0. The lowest BCUT2D eigenvalue weighted by Crippen LogP contribution is -2.05. The number of hydrazone groups is 1. The lowest BCUT2D eigenvalue weighted by Gasteiger charge is -2.03. The van der Waals surface area contributed by atoms with E-state index in [1.54, 1.807) is 11.9 Å². The number of ether oxygens (including phenoxy) is 1. The minimum atomic E-state index is 0. The number of hydrogen-bond acceptors (Lipinski definition) is 7. The predicted molar refractivity (Wildman–Crippen MR) is 122 cm³/mol. The fourth-order valence-corrected chi connectivity index (χ4v) is 2.06. The third kappa shape index (κ3) is 8.39. The molecule has 0 radical (unpaired) electrons. The van der Waals surface area contributed by atoms with Crippen LogP contribution in [0.4, 0.5) is 0 Å². The fraction of sp³-hybridized carbons (Fsp3) is 0.636. The van der Waals surface area contributed by atoms with Gasteiger partial charge in [-0.25, -0.2) is 5.01 Å². The van der Waals surface area contributed by atoms with Gasteiger partial charge in [0.2, 0.25) is 23.6 Å². The number of aryl methyl sites for hydroxylation is 3. The van der Waals surface area contributed by atoms with Crippen LogP contribution in [0.2, 0.25) is 0 Å². The van der Waals surface area contributed by atoms with Gasteiger partial charge >= 0.3 is 0 Å². The molecule has 0 atom stereocenters. The first-order valence-electron chi connectivity index (χ1n) is 9.91. The van der Waals surface area contributed by atoms with Crippen molar-refractivity contribution in [3.8, 4) is 0 Å². The number of hydrogen-bond donors (Lipinski definition) is 0. The molecule has 0 aliphatic carbocycles. The molecule has 3 heterocycles. The third-order valence-corrected chi connectivity index (χ3v) is 4.09.